The number of carbonyl (C=O) groups is 3. The molecule has 4 N–H and O–H groups in total. The van der Waals surface area contributed by atoms with E-state index in [4.69, 9.17) is 5.41 Å². The number of imide groups is 1. The molecule has 0 saturated carbocycles. The number of nitrogens with one attached hydrogen (secondary N) is 4. The number of urea groups is 1. The summed E-state index contributed by atoms with van der Waals surface area (Å²) in [5, 5.41) is 20.4. The first-order valence-electron chi connectivity index (χ1n) is 12.6. The van der Waals surface area contributed by atoms with E-state index < -0.39 is 46.5 Å². The Morgan fingerprint density at radius 1 is 1.14 bits per heavy atom. The van der Waals surface area contributed by atoms with Crippen LogP contribution in [-0.4, -0.2) is 57.5 Å². The van der Waals surface area contributed by atoms with E-state index in [-0.39, 0.29) is 47.7 Å². The predicted octanol–water partition coefficient (Wildman–Crippen LogP) is 3.84. The lowest BCUT2D eigenvalue weighted by atomic mass is 9.99. The van der Waals surface area contributed by atoms with E-state index in [1.807, 2.05) is 0 Å². The third-order valence-electron chi connectivity index (χ3n) is 6.47. The van der Waals surface area contributed by atoms with Crippen molar-refractivity contribution >= 4 is 35.5 Å². The average molecular weight is 595 g/mol. The molecule has 4 amide bonds. The number of hydrogen-bond acceptors (Lipinski definition) is 7. The molecule has 220 valence electrons. The molecule has 0 spiro atoms. The van der Waals surface area contributed by atoms with Crippen LogP contribution in [-0.2, 0) is 18.0 Å². The maximum absolute atomic E-state index is 15.1. The quantitative estimate of drug-likeness (QED) is 0.243. The van der Waals surface area contributed by atoms with Crippen LogP contribution in [0.3, 0.4) is 0 Å². The van der Waals surface area contributed by atoms with Crippen LogP contribution < -0.4 is 16.0 Å². The van der Waals surface area contributed by atoms with E-state index in [1.54, 1.807) is 30.3 Å². The molecule has 0 unspecified atom stereocenters. The molecule has 0 bridgehead atoms. The van der Waals surface area contributed by atoms with Crippen LogP contribution in [0, 0.1) is 11.2 Å². The number of aryl methyl sites for hydroxylation is 1. The van der Waals surface area contributed by atoms with Gasteiger partial charge in [0.05, 0.1) is 35.6 Å². The number of carbonyl (C=O) groups excluding carboxylic acids is 3. The maximum Gasteiger partial charge on any atom is 0.417 e. The van der Waals surface area contributed by atoms with E-state index in [0.717, 1.165) is 11.0 Å². The van der Waals surface area contributed by atoms with Crippen molar-refractivity contribution in [2.75, 3.05) is 18.4 Å². The summed E-state index contributed by atoms with van der Waals surface area (Å²) >= 11 is 0. The van der Waals surface area contributed by atoms with Crippen LogP contribution in [0.25, 0.3) is 11.3 Å². The SMILES string of the molecule is Cn1ccc(-c2cc(C(=O)N/C(Nc3ccccc3)=C3\N=CC=C(CN4C(=O)CNC4=O)C3=N)c(F)cc2C(F)(F)F)n1. The number of nitrogens with zero attached hydrogens (tertiary/aromatic N) is 4. The number of para-hydroxylation sites is 1. The fourth-order valence-electron chi connectivity index (χ4n) is 4.36. The molecular weight excluding hydrogens is 572 g/mol. The summed E-state index contributed by atoms with van der Waals surface area (Å²) in [6.07, 6.45) is -0.825. The van der Waals surface area contributed by atoms with Gasteiger partial charge in [-0.25, -0.2) is 9.18 Å². The molecule has 15 heteroatoms. The van der Waals surface area contributed by atoms with Crippen LogP contribution >= 0.6 is 0 Å². The van der Waals surface area contributed by atoms with Crippen LogP contribution in [0.15, 0.2) is 82.9 Å². The maximum atomic E-state index is 15.1. The first-order valence-corrected chi connectivity index (χ1v) is 12.6. The van der Waals surface area contributed by atoms with Crippen molar-refractivity contribution in [2.24, 2.45) is 12.0 Å². The number of aromatic nitrogens is 2. The van der Waals surface area contributed by atoms with Gasteiger partial charge >= 0.3 is 12.2 Å². The van der Waals surface area contributed by atoms with E-state index in [1.165, 1.54) is 36.3 Å². The lowest BCUT2D eigenvalue weighted by molar-refractivity contribution is -0.137. The highest BCUT2D eigenvalue weighted by molar-refractivity contribution is 6.17. The number of alkyl halides is 3. The zero-order chi connectivity index (χ0) is 30.9. The topological polar surface area (TPSA) is 145 Å². The third kappa shape index (κ3) is 6.05. The number of halogens is 4. The highest BCUT2D eigenvalue weighted by Crippen LogP contribution is 2.38. The Balaban J connectivity index is 1.53. The molecular formula is C28H22F4N8O3. The Morgan fingerprint density at radius 2 is 1.88 bits per heavy atom. The second-order valence-electron chi connectivity index (χ2n) is 9.40. The highest BCUT2D eigenvalue weighted by Gasteiger charge is 2.36. The Bertz CT molecular complexity index is 1730. The summed E-state index contributed by atoms with van der Waals surface area (Å²) in [6.45, 7) is -0.446. The van der Waals surface area contributed by atoms with Gasteiger partial charge in [-0.2, -0.15) is 18.3 Å². The highest BCUT2D eigenvalue weighted by atomic mass is 19.4. The van der Waals surface area contributed by atoms with Gasteiger partial charge in [0.25, 0.3) is 5.91 Å². The predicted molar refractivity (Wildman–Crippen MR) is 148 cm³/mol. The Labute approximate surface area is 241 Å². The average Bonchev–Trinajstić information content (AvgIpc) is 3.53. The minimum Gasteiger partial charge on any atom is -0.340 e. The van der Waals surface area contributed by atoms with Crippen LogP contribution in [0.5, 0.6) is 0 Å². The van der Waals surface area contributed by atoms with Crippen LogP contribution in [0.1, 0.15) is 15.9 Å². The van der Waals surface area contributed by atoms with Gasteiger partial charge in [0, 0.05) is 36.3 Å². The summed E-state index contributed by atoms with van der Waals surface area (Å²) in [5.74, 6) is -3.26. The van der Waals surface area contributed by atoms with Crippen molar-refractivity contribution < 1.29 is 31.9 Å². The number of aliphatic imine (C=N–C) groups is 1. The number of hydrogen-bond donors (Lipinski definition) is 4. The molecule has 0 aliphatic carbocycles. The van der Waals surface area contributed by atoms with E-state index in [0.29, 0.717) is 5.69 Å². The van der Waals surface area contributed by atoms with E-state index >= 15 is 4.39 Å². The fourth-order valence-corrected chi connectivity index (χ4v) is 4.36. The molecule has 0 radical (unpaired) electrons. The molecule has 11 nitrogen and oxygen atoms in total. The van der Waals surface area contributed by atoms with Gasteiger partial charge in [-0.15, -0.1) is 0 Å². The number of anilines is 1. The minimum absolute atomic E-state index is 0.126. The number of rotatable bonds is 7. The second kappa shape index (κ2) is 11.3. The summed E-state index contributed by atoms with van der Waals surface area (Å²) in [7, 11) is 1.50. The van der Waals surface area contributed by atoms with Crippen molar-refractivity contribution in [3.63, 3.8) is 0 Å². The van der Waals surface area contributed by atoms with Gasteiger partial charge in [0.1, 0.15) is 17.3 Å². The molecule has 2 aliphatic heterocycles. The van der Waals surface area contributed by atoms with Crippen molar-refractivity contribution in [3.05, 3.63) is 94.8 Å². The molecule has 0 atom stereocenters. The van der Waals surface area contributed by atoms with E-state index in [2.05, 4.69) is 26.0 Å². The zero-order valence-corrected chi connectivity index (χ0v) is 22.3. The molecule has 3 heterocycles. The number of benzene rings is 2. The molecule has 3 aromatic rings. The van der Waals surface area contributed by atoms with Gasteiger partial charge in [0.2, 0.25) is 5.91 Å². The first kappa shape index (κ1) is 28.9. The molecule has 2 aliphatic rings. The molecule has 1 fully saturated rings. The van der Waals surface area contributed by atoms with Crippen LogP contribution in [0.2, 0.25) is 0 Å². The van der Waals surface area contributed by atoms with Gasteiger partial charge in [-0.05, 0) is 36.4 Å². The molecule has 1 saturated heterocycles. The third-order valence-corrected chi connectivity index (χ3v) is 6.47. The Kier molecular flexibility index (Phi) is 7.63. The van der Waals surface area contributed by atoms with Crippen molar-refractivity contribution in [1.82, 2.24) is 25.3 Å². The van der Waals surface area contributed by atoms with Gasteiger partial charge in [-0.3, -0.25) is 29.6 Å². The normalized spacial score (nSPS) is 16.3. The monoisotopic (exact) mass is 594 g/mol. The smallest absolute Gasteiger partial charge is 0.340 e. The molecule has 1 aromatic heterocycles. The second-order valence-corrected chi connectivity index (χ2v) is 9.40. The standard InChI is InChI=1S/C28H22F4N8O3/c1-39-10-8-21(38-39)17-11-18(20(29)12-19(17)28(30,31)32)26(42)37-25(36-16-5-3-2-4-6-16)24-23(33)15(7-9-34-24)14-40-22(41)13-35-27(40)43/h2-12,33,36H,13-14H2,1H3,(H,35,43)(H,37,42)/b25-24-,33-23?. The molecule has 2 aromatic carbocycles. The lowest BCUT2D eigenvalue weighted by Gasteiger charge is -2.21. The number of allylic oxidation sites excluding steroid dienone is 2. The van der Waals surface area contributed by atoms with Crippen molar-refractivity contribution in [3.8, 4) is 11.3 Å². The first-order chi connectivity index (χ1) is 20.4. The van der Waals surface area contributed by atoms with Crippen LogP contribution in [0.4, 0.5) is 28.0 Å². The number of dihydropyridines is 1. The van der Waals surface area contributed by atoms with Gasteiger partial charge < -0.3 is 16.0 Å². The van der Waals surface area contributed by atoms with E-state index in [9.17, 15) is 27.6 Å². The molecule has 5 rings (SSSR count). The van der Waals surface area contributed by atoms with Crippen molar-refractivity contribution in [2.45, 2.75) is 6.18 Å². The lowest BCUT2D eigenvalue weighted by Crippen LogP contribution is -2.36. The summed E-state index contributed by atoms with van der Waals surface area (Å²) in [5.41, 5.74) is -2.44. The zero-order valence-electron chi connectivity index (χ0n) is 22.3. The van der Waals surface area contributed by atoms with Gasteiger partial charge in [0.15, 0.2) is 0 Å². The summed E-state index contributed by atoms with van der Waals surface area (Å²) in [4.78, 5) is 42.7. The fraction of sp³-hybridized carbons (Fsp3) is 0.143. The summed E-state index contributed by atoms with van der Waals surface area (Å²) in [6, 6.07) is 10.0. The van der Waals surface area contributed by atoms with Gasteiger partial charge in [-0.1, -0.05) is 18.2 Å². The largest absolute Gasteiger partial charge is 0.417 e. The summed E-state index contributed by atoms with van der Waals surface area (Å²) < 4.78 is 57.8. The Morgan fingerprint density at radius 3 is 2.51 bits per heavy atom. The molecule has 43 heavy (non-hydrogen) atoms. The minimum atomic E-state index is -4.94. The Hall–Kier alpha value is -5.60. The van der Waals surface area contributed by atoms with Crippen molar-refractivity contribution in [1.29, 1.82) is 5.41 Å². The number of amides is 4.